The largest absolute Gasteiger partial charge is 0.342 e. The van der Waals surface area contributed by atoms with Gasteiger partial charge < -0.3 is 9.80 Å². The van der Waals surface area contributed by atoms with Gasteiger partial charge in [0.1, 0.15) is 0 Å². The van der Waals surface area contributed by atoms with Gasteiger partial charge in [0.25, 0.3) is 5.92 Å². The Morgan fingerprint density at radius 1 is 1.12 bits per heavy atom. The van der Waals surface area contributed by atoms with E-state index in [1.54, 1.807) is 4.90 Å². The number of rotatable bonds is 4. The van der Waals surface area contributed by atoms with Crippen LogP contribution in [0.5, 0.6) is 0 Å². The predicted octanol–water partition coefficient (Wildman–Crippen LogP) is 3.20. The molecule has 1 unspecified atom stereocenters. The third-order valence-corrected chi connectivity index (χ3v) is 5.22. The quantitative estimate of drug-likeness (QED) is 0.843. The van der Waals surface area contributed by atoms with Crippen molar-refractivity contribution in [1.82, 2.24) is 9.80 Å². The van der Waals surface area contributed by atoms with Gasteiger partial charge in [-0.25, -0.2) is 8.78 Å². The Morgan fingerprint density at radius 3 is 2.54 bits per heavy atom. The summed E-state index contributed by atoms with van der Waals surface area (Å²) in [6.07, 6.45) is 2.49. The number of carbonyl (C=O) groups is 1. The van der Waals surface area contributed by atoms with E-state index in [1.807, 2.05) is 18.2 Å². The lowest BCUT2D eigenvalue weighted by atomic mass is 9.94. The summed E-state index contributed by atoms with van der Waals surface area (Å²) in [4.78, 5) is 16.6. The second-order valence-corrected chi connectivity index (χ2v) is 7.06. The van der Waals surface area contributed by atoms with E-state index in [0.29, 0.717) is 0 Å². The molecule has 2 aliphatic heterocycles. The lowest BCUT2D eigenvalue weighted by Gasteiger charge is -2.37. The van der Waals surface area contributed by atoms with Crippen molar-refractivity contribution in [2.75, 3.05) is 32.7 Å². The van der Waals surface area contributed by atoms with Gasteiger partial charge in [-0.3, -0.25) is 4.79 Å². The molecule has 0 radical (unpaired) electrons. The average Bonchev–Trinajstić information content (AvgIpc) is 2.60. The maximum Gasteiger partial charge on any atom is 0.251 e. The third-order valence-electron chi connectivity index (χ3n) is 5.22. The van der Waals surface area contributed by atoms with Crippen LogP contribution in [0, 0.1) is 5.92 Å². The fraction of sp³-hybridized carbons (Fsp3) is 0.632. The lowest BCUT2D eigenvalue weighted by molar-refractivity contribution is -0.143. The Kier molecular flexibility index (Phi) is 5.49. The van der Waals surface area contributed by atoms with Crippen molar-refractivity contribution in [2.45, 2.75) is 38.0 Å². The van der Waals surface area contributed by atoms with E-state index in [0.717, 1.165) is 38.9 Å². The second kappa shape index (κ2) is 7.60. The molecule has 0 N–H and O–H groups in total. The summed E-state index contributed by atoms with van der Waals surface area (Å²) in [7, 11) is 0. The smallest absolute Gasteiger partial charge is 0.251 e. The van der Waals surface area contributed by atoms with Crippen LogP contribution in [0.15, 0.2) is 30.3 Å². The normalized spacial score (nSPS) is 24.8. The summed E-state index contributed by atoms with van der Waals surface area (Å²) in [5.41, 5.74) is 1.31. The van der Waals surface area contributed by atoms with Crippen LogP contribution in [-0.2, 0) is 11.2 Å². The first kappa shape index (κ1) is 17.3. The van der Waals surface area contributed by atoms with Crippen molar-refractivity contribution in [2.24, 2.45) is 5.92 Å². The molecule has 1 atom stereocenters. The number of amides is 1. The van der Waals surface area contributed by atoms with Gasteiger partial charge in [-0.1, -0.05) is 30.3 Å². The number of carbonyl (C=O) groups excluding carboxylic acids is 1. The number of alkyl halides is 2. The van der Waals surface area contributed by atoms with E-state index in [1.165, 1.54) is 5.56 Å². The van der Waals surface area contributed by atoms with Crippen LogP contribution in [0.2, 0.25) is 0 Å². The van der Waals surface area contributed by atoms with Crippen LogP contribution in [0.4, 0.5) is 8.78 Å². The molecule has 2 fully saturated rings. The number of halogens is 2. The fourth-order valence-corrected chi connectivity index (χ4v) is 3.70. The first-order chi connectivity index (χ1) is 11.5. The molecule has 3 rings (SSSR count). The van der Waals surface area contributed by atoms with Gasteiger partial charge in [0.15, 0.2) is 0 Å². The monoisotopic (exact) mass is 336 g/mol. The Bertz CT molecular complexity index is 540. The summed E-state index contributed by atoms with van der Waals surface area (Å²) in [6, 6.07) is 10.4. The van der Waals surface area contributed by atoms with Crippen LogP contribution >= 0.6 is 0 Å². The number of piperidine rings is 2. The molecule has 1 aromatic carbocycles. The van der Waals surface area contributed by atoms with Gasteiger partial charge >= 0.3 is 0 Å². The molecule has 5 heteroatoms. The molecule has 1 amide bonds. The molecule has 1 aromatic rings. The van der Waals surface area contributed by atoms with Crippen LogP contribution in [0.1, 0.15) is 31.2 Å². The lowest BCUT2D eigenvalue weighted by Crippen LogP contribution is -2.49. The first-order valence-corrected chi connectivity index (χ1v) is 8.96. The van der Waals surface area contributed by atoms with Crippen LogP contribution in [0.3, 0.4) is 0 Å². The van der Waals surface area contributed by atoms with Crippen molar-refractivity contribution in [3.05, 3.63) is 35.9 Å². The van der Waals surface area contributed by atoms with Crippen molar-refractivity contribution in [3.63, 3.8) is 0 Å². The zero-order valence-corrected chi connectivity index (χ0v) is 14.1. The Labute approximate surface area is 142 Å². The van der Waals surface area contributed by atoms with E-state index in [9.17, 15) is 13.6 Å². The maximum absolute atomic E-state index is 13.3. The average molecular weight is 336 g/mol. The van der Waals surface area contributed by atoms with Crippen molar-refractivity contribution in [1.29, 1.82) is 0 Å². The summed E-state index contributed by atoms with van der Waals surface area (Å²) in [6.45, 7) is 3.14. The highest BCUT2D eigenvalue weighted by molar-refractivity contribution is 5.79. The zero-order chi connectivity index (χ0) is 17.0. The highest BCUT2D eigenvalue weighted by Crippen LogP contribution is 2.29. The van der Waals surface area contributed by atoms with Gasteiger partial charge in [-0.2, -0.15) is 0 Å². The Hall–Kier alpha value is -1.49. The van der Waals surface area contributed by atoms with E-state index >= 15 is 0 Å². The van der Waals surface area contributed by atoms with Gasteiger partial charge in [0, 0.05) is 39.0 Å². The Balaban J connectivity index is 1.49. The molecule has 0 saturated carbocycles. The highest BCUT2D eigenvalue weighted by atomic mass is 19.3. The van der Waals surface area contributed by atoms with Crippen molar-refractivity contribution < 1.29 is 13.6 Å². The fourth-order valence-electron chi connectivity index (χ4n) is 3.70. The SMILES string of the molecule is O=C(C1CCCN(CCc2ccccc2)C1)N1CCC(F)(F)CC1. The molecule has 0 spiro atoms. The standard InChI is InChI=1S/C19H26F2N2O/c20-19(21)9-13-23(14-10-19)18(24)17-7-4-11-22(15-17)12-8-16-5-2-1-3-6-16/h1-3,5-6,17H,4,7-15H2. The Morgan fingerprint density at radius 2 is 1.83 bits per heavy atom. The first-order valence-electron chi connectivity index (χ1n) is 8.96. The number of hydrogen-bond acceptors (Lipinski definition) is 2. The molecular weight excluding hydrogens is 310 g/mol. The van der Waals surface area contributed by atoms with Crippen molar-refractivity contribution >= 4 is 5.91 Å². The molecular formula is C19H26F2N2O. The van der Waals surface area contributed by atoms with Gasteiger partial charge in [0.05, 0.1) is 5.92 Å². The van der Waals surface area contributed by atoms with Gasteiger partial charge in [0.2, 0.25) is 5.91 Å². The van der Waals surface area contributed by atoms with Crippen LogP contribution < -0.4 is 0 Å². The molecule has 2 saturated heterocycles. The summed E-state index contributed by atoms with van der Waals surface area (Å²) < 4.78 is 26.5. The van der Waals surface area contributed by atoms with E-state index in [4.69, 9.17) is 0 Å². The van der Waals surface area contributed by atoms with Crippen molar-refractivity contribution in [3.8, 4) is 0 Å². The minimum atomic E-state index is -2.59. The minimum absolute atomic E-state index is 0.0266. The van der Waals surface area contributed by atoms with E-state index < -0.39 is 5.92 Å². The topological polar surface area (TPSA) is 23.6 Å². The van der Waals surface area contributed by atoms with Gasteiger partial charge in [-0.15, -0.1) is 0 Å². The molecule has 2 aliphatic rings. The molecule has 0 aromatic heterocycles. The van der Waals surface area contributed by atoms with E-state index in [-0.39, 0.29) is 37.8 Å². The second-order valence-electron chi connectivity index (χ2n) is 7.06. The summed E-state index contributed by atoms with van der Waals surface area (Å²) in [5.74, 6) is -2.54. The molecule has 3 nitrogen and oxygen atoms in total. The highest BCUT2D eigenvalue weighted by Gasteiger charge is 2.38. The molecule has 2 heterocycles. The molecule has 0 aliphatic carbocycles. The van der Waals surface area contributed by atoms with Gasteiger partial charge in [-0.05, 0) is 31.4 Å². The number of hydrogen-bond donors (Lipinski definition) is 0. The number of nitrogens with zero attached hydrogens (tertiary/aromatic N) is 2. The molecule has 0 bridgehead atoms. The molecule has 132 valence electrons. The third kappa shape index (κ3) is 4.53. The van der Waals surface area contributed by atoms with E-state index in [2.05, 4.69) is 17.0 Å². The number of benzene rings is 1. The van der Waals surface area contributed by atoms with Crippen LogP contribution in [0.25, 0.3) is 0 Å². The summed E-state index contributed by atoms with van der Waals surface area (Å²) in [5, 5.41) is 0. The maximum atomic E-state index is 13.3. The summed E-state index contributed by atoms with van der Waals surface area (Å²) >= 11 is 0. The number of likely N-dealkylation sites (tertiary alicyclic amines) is 2. The molecule has 24 heavy (non-hydrogen) atoms. The predicted molar refractivity (Wildman–Crippen MR) is 90.1 cm³/mol. The minimum Gasteiger partial charge on any atom is -0.342 e. The zero-order valence-electron chi connectivity index (χ0n) is 14.1. The van der Waals surface area contributed by atoms with Crippen LogP contribution in [-0.4, -0.2) is 54.4 Å².